The normalized spacial score (nSPS) is 16.9. The molecule has 0 bridgehead atoms. The van der Waals surface area contributed by atoms with E-state index in [0.29, 0.717) is 34.8 Å². The lowest BCUT2D eigenvalue weighted by Crippen LogP contribution is -2.26. The van der Waals surface area contributed by atoms with Gasteiger partial charge in [0.25, 0.3) is 5.91 Å². The average molecular weight is 423 g/mol. The van der Waals surface area contributed by atoms with Crippen LogP contribution in [0.2, 0.25) is 0 Å². The number of hydrogen-bond donors (Lipinski definition) is 1. The molecule has 2 heterocycles. The number of hydrazone groups is 1. The van der Waals surface area contributed by atoms with E-state index in [9.17, 15) is 13.6 Å². The lowest BCUT2D eigenvalue weighted by atomic mass is 10.0. The van der Waals surface area contributed by atoms with Crippen molar-refractivity contribution in [2.75, 3.05) is 17.1 Å². The molecule has 1 amide bonds. The fraction of sp³-hybridized carbons (Fsp3) is 0.143. The molecule has 2 atom stereocenters. The third kappa shape index (κ3) is 3.85. The van der Waals surface area contributed by atoms with Gasteiger partial charge < -0.3 is 19.0 Å². The van der Waals surface area contributed by atoms with Gasteiger partial charge >= 0.3 is 0 Å². The van der Waals surface area contributed by atoms with Gasteiger partial charge in [-0.1, -0.05) is 12.1 Å². The van der Waals surface area contributed by atoms with Crippen molar-refractivity contribution in [2.24, 2.45) is 5.10 Å². The number of anilines is 2. The number of amides is 1. The van der Waals surface area contributed by atoms with E-state index in [2.05, 4.69) is 5.10 Å². The highest BCUT2D eigenvalue weighted by molar-refractivity contribution is 7.80. The van der Waals surface area contributed by atoms with Crippen molar-refractivity contribution in [2.45, 2.75) is 12.5 Å². The van der Waals surface area contributed by atoms with Gasteiger partial charge in [0.15, 0.2) is 0 Å². The zero-order chi connectivity index (χ0) is 21.3. The molecule has 8 nitrogen and oxygen atoms in total. The molecule has 2 aromatic carbocycles. The van der Waals surface area contributed by atoms with Gasteiger partial charge in [0.05, 0.1) is 12.0 Å². The van der Waals surface area contributed by atoms with Gasteiger partial charge in [-0.3, -0.25) is 9.00 Å². The zero-order valence-corrected chi connectivity index (χ0v) is 16.9. The lowest BCUT2D eigenvalue weighted by Gasteiger charge is -2.21. The Labute approximate surface area is 176 Å². The third-order valence-electron chi connectivity index (χ3n) is 4.94. The molecule has 0 fully saturated rings. The van der Waals surface area contributed by atoms with Crippen molar-refractivity contribution >= 4 is 34.3 Å². The van der Waals surface area contributed by atoms with Crippen LogP contribution < -0.4 is 10.0 Å². The van der Waals surface area contributed by atoms with Crippen LogP contribution in [0.1, 0.15) is 34.1 Å². The molecule has 3 aromatic rings. The van der Waals surface area contributed by atoms with Crippen molar-refractivity contribution in [3.05, 3.63) is 83.8 Å². The predicted molar refractivity (Wildman–Crippen MR) is 113 cm³/mol. The fourth-order valence-corrected chi connectivity index (χ4v) is 3.58. The van der Waals surface area contributed by atoms with E-state index in [1.54, 1.807) is 60.9 Å². The van der Waals surface area contributed by atoms with Crippen molar-refractivity contribution in [3.8, 4) is 0 Å². The summed E-state index contributed by atoms with van der Waals surface area (Å²) in [6.07, 6.45) is 2.03. The number of hydrogen-bond acceptors (Lipinski definition) is 6. The van der Waals surface area contributed by atoms with Crippen molar-refractivity contribution in [1.29, 1.82) is 0 Å². The van der Waals surface area contributed by atoms with E-state index < -0.39 is 11.3 Å². The Kier molecular flexibility index (Phi) is 5.39. The molecule has 154 valence electrons. The minimum atomic E-state index is -2.35. The number of benzene rings is 2. The van der Waals surface area contributed by atoms with Gasteiger partial charge in [-0.25, -0.2) is 5.01 Å². The highest BCUT2D eigenvalue weighted by Crippen LogP contribution is 2.34. The molecule has 0 saturated carbocycles. The van der Waals surface area contributed by atoms with Crippen LogP contribution in [-0.4, -0.2) is 32.4 Å². The number of nitrogen functional groups attached to an aromatic ring is 1. The summed E-state index contributed by atoms with van der Waals surface area (Å²) < 4.78 is 28.9. The molecule has 9 heteroatoms. The minimum absolute atomic E-state index is 0.260. The summed E-state index contributed by atoms with van der Waals surface area (Å²) in [5.41, 5.74) is 8.81. The molecular formula is C21H19N4O4S-. The van der Waals surface area contributed by atoms with E-state index in [1.807, 2.05) is 6.07 Å². The first kappa shape index (κ1) is 19.9. The molecular weight excluding hydrogens is 404 g/mol. The Hall–Kier alpha value is -3.43. The monoisotopic (exact) mass is 423 g/mol. The van der Waals surface area contributed by atoms with Gasteiger partial charge in [-0.2, -0.15) is 5.10 Å². The smallest absolute Gasteiger partial charge is 0.274 e. The number of furan rings is 1. The lowest BCUT2D eigenvalue weighted by molar-refractivity contribution is 0.0693. The molecule has 1 aliphatic heterocycles. The Bertz CT molecular complexity index is 1100. The largest absolute Gasteiger partial charge is 0.755 e. The Morgan fingerprint density at radius 2 is 1.90 bits per heavy atom. The van der Waals surface area contributed by atoms with Crippen LogP contribution in [0.4, 0.5) is 11.4 Å². The number of nitrogens with two attached hydrogens (primary N) is 1. The molecule has 4 rings (SSSR count). The van der Waals surface area contributed by atoms with Gasteiger partial charge in [0.2, 0.25) is 0 Å². The van der Waals surface area contributed by atoms with E-state index >= 15 is 0 Å². The highest BCUT2D eigenvalue weighted by atomic mass is 32.2. The van der Waals surface area contributed by atoms with E-state index in [4.69, 9.17) is 10.2 Å². The summed E-state index contributed by atoms with van der Waals surface area (Å²) in [6.45, 7) is 0. The van der Waals surface area contributed by atoms with E-state index in [0.717, 1.165) is 9.87 Å². The first-order valence-electron chi connectivity index (χ1n) is 9.17. The van der Waals surface area contributed by atoms with Gasteiger partial charge in [0, 0.05) is 41.7 Å². The minimum Gasteiger partial charge on any atom is -0.755 e. The Morgan fingerprint density at radius 3 is 2.50 bits per heavy atom. The number of carbonyl (C=O) groups excluding carboxylic acids is 1. The van der Waals surface area contributed by atoms with Crippen LogP contribution in [-0.2, 0) is 11.3 Å². The predicted octanol–water partition coefficient (Wildman–Crippen LogP) is 3.08. The van der Waals surface area contributed by atoms with Crippen LogP contribution in [0, 0.1) is 0 Å². The highest BCUT2D eigenvalue weighted by Gasteiger charge is 2.35. The maximum atomic E-state index is 13.1. The molecule has 0 spiro atoms. The number of carbonyl (C=O) groups is 1. The fourth-order valence-electron chi connectivity index (χ4n) is 3.28. The molecule has 1 aliphatic rings. The average Bonchev–Trinajstić information content (AvgIpc) is 3.43. The maximum Gasteiger partial charge on any atom is 0.274 e. The third-order valence-corrected chi connectivity index (χ3v) is 5.59. The molecule has 1 aromatic heterocycles. The van der Waals surface area contributed by atoms with Gasteiger partial charge in [0.1, 0.15) is 11.8 Å². The second kappa shape index (κ2) is 8.13. The van der Waals surface area contributed by atoms with E-state index in [-0.39, 0.29) is 11.9 Å². The molecule has 0 aliphatic carbocycles. The van der Waals surface area contributed by atoms with Crippen LogP contribution in [0.5, 0.6) is 0 Å². The van der Waals surface area contributed by atoms with Gasteiger partial charge in [-0.15, -0.1) is 0 Å². The summed E-state index contributed by atoms with van der Waals surface area (Å²) >= 11 is -2.35. The molecule has 0 saturated heterocycles. The summed E-state index contributed by atoms with van der Waals surface area (Å²) in [7, 11) is 1.46. The van der Waals surface area contributed by atoms with Crippen LogP contribution in [0.3, 0.4) is 0 Å². The van der Waals surface area contributed by atoms with Crippen molar-refractivity contribution < 1.29 is 18.0 Å². The Morgan fingerprint density at radius 1 is 1.20 bits per heavy atom. The summed E-state index contributed by atoms with van der Waals surface area (Å²) in [6, 6.07) is 16.8. The van der Waals surface area contributed by atoms with Gasteiger partial charge in [-0.05, 0) is 54.1 Å². The number of nitrogens with zero attached hydrogens (tertiary/aromatic N) is 3. The van der Waals surface area contributed by atoms with E-state index in [1.165, 1.54) is 12.1 Å². The molecule has 2 unspecified atom stereocenters. The van der Waals surface area contributed by atoms with Crippen molar-refractivity contribution in [1.82, 2.24) is 5.01 Å². The second-order valence-corrected chi connectivity index (χ2v) is 7.80. The first-order valence-corrected chi connectivity index (χ1v) is 10.2. The van der Waals surface area contributed by atoms with Crippen molar-refractivity contribution in [3.63, 3.8) is 0 Å². The van der Waals surface area contributed by atoms with Crippen LogP contribution in [0.15, 0.2) is 76.4 Å². The van der Waals surface area contributed by atoms with Crippen LogP contribution >= 0.6 is 0 Å². The molecule has 0 radical (unpaired) electrons. The standard InChI is InChI=1S/C21H20N4O4S/c1-24(30(27)28)17-10-6-14(7-11-17)18-13-19(20-3-2-12-29-20)25(23-18)21(26)15-4-8-16(22)9-5-15/h2-12,19H,13,22H2,1H3,(H,27,28)/p-1. The second-order valence-electron chi connectivity index (χ2n) is 6.82. The quantitative estimate of drug-likeness (QED) is 0.500. The summed E-state index contributed by atoms with van der Waals surface area (Å²) in [5.74, 6) is 0.375. The molecule has 30 heavy (non-hydrogen) atoms. The topological polar surface area (TPSA) is 115 Å². The van der Waals surface area contributed by atoms with Crippen LogP contribution in [0.25, 0.3) is 0 Å². The SMILES string of the molecule is CN(c1ccc(C2=NN(C(=O)c3ccc(N)cc3)C(c3ccco3)C2)cc1)S(=O)[O-]. The summed E-state index contributed by atoms with van der Waals surface area (Å²) in [5, 5.41) is 6.00. The first-order chi connectivity index (χ1) is 14.4. The summed E-state index contributed by atoms with van der Waals surface area (Å²) in [4.78, 5) is 13.1. The number of rotatable bonds is 5. The molecule has 2 N–H and O–H groups in total. The Balaban J connectivity index is 1.65. The maximum absolute atomic E-state index is 13.1. The zero-order valence-electron chi connectivity index (χ0n) is 16.1.